The quantitative estimate of drug-likeness (QED) is 0.425. The molecule has 2 aromatic heterocycles. The number of piperazine rings is 1. The molecular formula is C30H38N6OS. The molecule has 1 aliphatic rings. The zero-order valence-corrected chi connectivity index (χ0v) is 24.0. The predicted molar refractivity (Wildman–Crippen MR) is 160 cm³/mol. The molecule has 1 fully saturated rings. The number of benzene rings is 1. The maximum absolute atomic E-state index is 13.3. The molecule has 3 aromatic rings. The van der Waals surface area contributed by atoms with Crippen molar-refractivity contribution in [1.29, 1.82) is 0 Å². The van der Waals surface area contributed by atoms with E-state index in [2.05, 4.69) is 80.7 Å². The van der Waals surface area contributed by atoms with Crippen LogP contribution in [0.4, 0.5) is 17.2 Å². The van der Waals surface area contributed by atoms with Crippen LogP contribution in [0.15, 0.2) is 70.6 Å². The molecule has 200 valence electrons. The molecule has 38 heavy (non-hydrogen) atoms. The number of para-hydroxylation sites is 1. The highest BCUT2D eigenvalue weighted by atomic mass is 32.2. The van der Waals surface area contributed by atoms with Crippen molar-refractivity contribution in [3.63, 3.8) is 0 Å². The third kappa shape index (κ3) is 6.48. The highest BCUT2D eigenvalue weighted by molar-refractivity contribution is 7.98. The first-order valence-corrected chi connectivity index (χ1v) is 14.2. The minimum atomic E-state index is 0.00952. The van der Waals surface area contributed by atoms with Crippen molar-refractivity contribution in [2.24, 2.45) is 7.05 Å². The minimum absolute atomic E-state index is 0.00952. The molecule has 1 atom stereocenters. The van der Waals surface area contributed by atoms with Crippen molar-refractivity contribution in [3.05, 3.63) is 93.8 Å². The normalized spacial score (nSPS) is 14.2. The lowest BCUT2D eigenvalue weighted by molar-refractivity contribution is 0.630. The number of thioether (sulfide) groups is 1. The third-order valence-electron chi connectivity index (χ3n) is 6.96. The number of rotatable bonds is 6. The standard InChI is InChI=1S/C30H38N6OS/c1-21-17-22(2)30(37)34(5)29(36-15-13-35(14-16-36)26-19-31-24(4)32-20-26)12-11-25(18-21)23(3)33-27-9-7-8-10-28(27)38-6/h7-12,17-20,23,33H,13-16H2,1-6H3/t23-/m1/s1. The maximum atomic E-state index is 13.3. The Hall–Kier alpha value is -3.52. The van der Waals surface area contributed by atoms with E-state index >= 15 is 0 Å². The number of aryl methyl sites for hydroxylation is 3. The highest BCUT2D eigenvalue weighted by Crippen LogP contribution is 2.28. The summed E-state index contributed by atoms with van der Waals surface area (Å²) in [6, 6.07) is 16.8. The van der Waals surface area contributed by atoms with Crippen LogP contribution < -0.4 is 20.7 Å². The van der Waals surface area contributed by atoms with Crippen LogP contribution in [0.2, 0.25) is 0 Å². The summed E-state index contributed by atoms with van der Waals surface area (Å²) in [5.41, 5.74) is 5.08. The van der Waals surface area contributed by atoms with Crippen molar-refractivity contribution in [1.82, 2.24) is 14.5 Å². The first-order valence-electron chi connectivity index (χ1n) is 13.0. The Balaban J connectivity index is 1.68. The molecule has 1 aliphatic heterocycles. The van der Waals surface area contributed by atoms with Crippen LogP contribution in [-0.4, -0.2) is 47.0 Å². The number of nitrogens with zero attached hydrogens (tertiary/aromatic N) is 5. The molecule has 3 heterocycles. The van der Waals surface area contributed by atoms with E-state index in [1.54, 1.807) is 16.3 Å². The van der Waals surface area contributed by atoms with E-state index in [9.17, 15) is 4.79 Å². The van der Waals surface area contributed by atoms with Crippen LogP contribution in [0.1, 0.15) is 35.5 Å². The Kier molecular flexibility index (Phi) is 8.94. The van der Waals surface area contributed by atoms with Crippen molar-refractivity contribution >= 4 is 29.0 Å². The lowest BCUT2D eigenvalue weighted by atomic mass is 10.1. The van der Waals surface area contributed by atoms with Gasteiger partial charge in [-0.25, -0.2) is 9.97 Å². The Bertz CT molecular complexity index is 1380. The van der Waals surface area contributed by atoms with Crippen LogP contribution in [0.5, 0.6) is 0 Å². The smallest absolute Gasteiger partial charge is 0.254 e. The Morgan fingerprint density at radius 1 is 0.921 bits per heavy atom. The fourth-order valence-electron chi connectivity index (χ4n) is 4.82. The largest absolute Gasteiger partial charge is 0.378 e. The van der Waals surface area contributed by atoms with Gasteiger partial charge in [-0.2, -0.15) is 0 Å². The van der Waals surface area contributed by atoms with Crippen LogP contribution >= 0.6 is 11.8 Å². The molecule has 8 heteroatoms. The van der Waals surface area contributed by atoms with Gasteiger partial charge in [-0.05, 0) is 57.7 Å². The summed E-state index contributed by atoms with van der Waals surface area (Å²) in [6.45, 7) is 11.3. The van der Waals surface area contributed by atoms with Gasteiger partial charge in [0, 0.05) is 55.4 Å². The SMILES string of the molecule is CSc1ccccc1N[C@H](C)c1ccc(N2CCN(c3cnc(C)nc3)CC2)n(C)c(=O)c(C)cc(C)c1. The van der Waals surface area contributed by atoms with Gasteiger partial charge in [0.1, 0.15) is 11.6 Å². The summed E-state index contributed by atoms with van der Waals surface area (Å²) in [5.74, 6) is 1.68. The van der Waals surface area contributed by atoms with E-state index in [1.165, 1.54) is 4.90 Å². The predicted octanol–water partition coefficient (Wildman–Crippen LogP) is 5.45. The van der Waals surface area contributed by atoms with E-state index in [0.717, 1.165) is 65.9 Å². The first kappa shape index (κ1) is 27.5. The van der Waals surface area contributed by atoms with Gasteiger partial charge in [0.05, 0.1) is 18.1 Å². The van der Waals surface area contributed by atoms with Crippen molar-refractivity contribution in [3.8, 4) is 0 Å². The second-order valence-corrected chi connectivity index (χ2v) is 10.6. The number of nitrogens with one attached hydrogen (secondary N) is 1. The molecule has 0 spiro atoms. The van der Waals surface area contributed by atoms with Crippen LogP contribution in [0.25, 0.3) is 0 Å². The highest BCUT2D eigenvalue weighted by Gasteiger charge is 2.20. The molecule has 0 radical (unpaired) electrons. The zero-order valence-electron chi connectivity index (χ0n) is 23.2. The number of anilines is 3. The van der Waals surface area contributed by atoms with Crippen molar-refractivity contribution in [2.75, 3.05) is 47.6 Å². The Morgan fingerprint density at radius 3 is 2.26 bits per heavy atom. The van der Waals surface area contributed by atoms with Gasteiger partial charge in [0.2, 0.25) is 0 Å². The number of hydrogen-bond donors (Lipinski definition) is 1. The average Bonchev–Trinajstić information content (AvgIpc) is 2.92. The maximum Gasteiger partial charge on any atom is 0.254 e. The van der Waals surface area contributed by atoms with Gasteiger partial charge in [0.15, 0.2) is 0 Å². The van der Waals surface area contributed by atoms with Gasteiger partial charge in [-0.1, -0.05) is 35.9 Å². The van der Waals surface area contributed by atoms with Gasteiger partial charge >= 0.3 is 0 Å². The second-order valence-electron chi connectivity index (χ2n) is 9.80. The molecule has 7 nitrogen and oxygen atoms in total. The fourth-order valence-corrected chi connectivity index (χ4v) is 5.38. The number of aromatic nitrogens is 3. The van der Waals surface area contributed by atoms with Gasteiger partial charge in [-0.15, -0.1) is 11.8 Å². The Labute approximate surface area is 230 Å². The molecule has 1 saturated heterocycles. The topological polar surface area (TPSA) is 66.3 Å². The van der Waals surface area contributed by atoms with E-state index in [4.69, 9.17) is 0 Å². The van der Waals surface area contributed by atoms with Crippen LogP contribution in [0, 0.1) is 20.8 Å². The van der Waals surface area contributed by atoms with Crippen molar-refractivity contribution < 1.29 is 0 Å². The first-order chi connectivity index (χ1) is 18.3. The average molecular weight is 531 g/mol. The molecule has 0 aliphatic carbocycles. The summed E-state index contributed by atoms with van der Waals surface area (Å²) in [7, 11) is 1.87. The Morgan fingerprint density at radius 2 is 1.58 bits per heavy atom. The summed E-state index contributed by atoms with van der Waals surface area (Å²) in [4.78, 5) is 27.8. The summed E-state index contributed by atoms with van der Waals surface area (Å²) in [5, 5.41) is 3.69. The molecule has 1 N–H and O–H groups in total. The van der Waals surface area contributed by atoms with Gasteiger partial charge in [0.25, 0.3) is 5.56 Å². The molecule has 0 unspecified atom stereocenters. The molecule has 0 bridgehead atoms. The molecule has 4 rings (SSSR count). The van der Waals surface area contributed by atoms with Crippen molar-refractivity contribution in [2.45, 2.75) is 38.6 Å². The van der Waals surface area contributed by atoms with E-state index < -0.39 is 0 Å². The molecule has 1 aromatic carbocycles. The monoisotopic (exact) mass is 530 g/mol. The lowest BCUT2D eigenvalue weighted by Gasteiger charge is -2.37. The van der Waals surface area contributed by atoms with Gasteiger partial charge in [-0.3, -0.25) is 9.36 Å². The second kappa shape index (κ2) is 12.3. The van der Waals surface area contributed by atoms with E-state index in [-0.39, 0.29) is 11.6 Å². The summed E-state index contributed by atoms with van der Waals surface area (Å²) in [6.07, 6.45) is 5.87. The zero-order chi connectivity index (χ0) is 27.2. The van der Waals surface area contributed by atoms with Crippen LogP contribution in [-0.2, 0) is 7.05 Å². The number of hydrogen-bond acceptors (Lipinski definition) is 7. The molecular weight excluding hydrogens is 492 g/mol. The van der Waals surface area contributed by atoms with E-state index in [1.807, 2.05) is 46.3 Å². The third-order valence-corrected chi connectivity index (χ3v) is 7.76. The minimum Gasteiger partial charge on any atom is -0.378 e. The molecule has 0 amide bonds. The van der Waals surface area contributed by atoms with Gasteiger partial charge < -0.3 is 15.1 Å². The molecule has 0 saturated carbocycles. The lowest BCUT2D eigenvalue weighted by Crippen LogP contribution is -2.47. The fraction of sp³-hybridized carbons (Fsp3) is 0.367. The van der Waals surface area contributed by atoms with E-state index in [0.29, 0.717) is 0 Å². The van der Waals surface area contributed by atoms with Crippen LogP contribution in [0.3, 0.4) is 0 Å². The summed E-state index contributed by atoms with van der Waals surface area (Å²) >= 11 is 1.74. The summed E-state index contributed by atoms with van der Waals surface area (Å²) < 4.78 is 1.78.